The number of hydrogen-bond donors (Lipinski definition) is 2. The van der Waals surface area contributed by atoms with Crippen LogP contribution in [0.5, 0.6) is 17.2 Å². The summed E-state index contributed by atoms with van der Waals surface area (Å²) in [6.07, 6.45) is 6.88. The van der Waals surface area contributed by atoms with Crippen LogP contribution in [-0.2, 0) is 13.1 Å². The summed E-state index contributed by atoms with van der Waals surface area (Å²) in [6.45, 7) is -2.16. The van der Waals surface area contributed by atoms with Crippen LogP contribution in [0, 0.1) is 0 Å². The zero-order chi connectivity index (χ0) is 20.9. The van der Waals surface area contributed by atoms with E-state index in [9.17, 15) is 8.78 Å². The molecule has 1 saturated carbocycles. The molecule has 0 unspecified atom stereocenters. The number of guanidine groups is 1. The molecule has 0 bridgehead atoms. The quantitative estimate of drug-likeness (QED) is 0.528. The number of nitrogens with one attached hydrogen (secondary N) is 2. The molecule has 1 fully saturated rings. The average molecular weight is 421 g/mol. The highest BCUT2D eigenvalue weighted by Crippen LogP contribution is 2.38. The van der Waals surface area contributed by atoms with E-state index in [0.717, 1.165) is 5.69 Å². The molecule has 0 spiro atoms. The van der Waals surface area contributed by atoms with Gasteiger partial charge in [0.05, 0.1) is 18.3 Å². The molecule has 1 aliphatic heterocycles. The van der Waals surface area contributed by atoms with Gasteiger partial charge >= 0.3 is 6.61 Å². The van der Waals surface area contributed by atoms with Gasteiger partial charge < -0.3 is 24.8 Å². The van der Waals surface area contributed by atoms with Crippen molar-refractivity contribution in [2.24, 2.45) is 4.99 Å². The first kappa shape index (κ1) is 20.2. The second-order valence-electron chi connectivity index (χ2n) is 7.20. The summed E-state index contributed by atoms with van der Waals surface area (Å²) in [5, 5.41) is 10.9. The van der Waals surface area contributed by atoms with Crippen molar-refractivity contribution in [2.75, 3.05) is 13.8 Å². The normalized spacial score (nSPS) is 16.3. The number of aliphatic imine (C=N–C) groups is 1. The second-order valence-corrected chi connectivity index (χ2v) is 7.20. The van der Waals surface area contributed by atoms with Crippen LogP contribution >= 0.6 is 0 Å². The van der Waals surface area contributed by atoms with Gasteiger partial charge in [-0.25, -0.2) is 0 Å². The lowest BCUT2D eigenvalue weighted by molar-refractivity contribution is -0.0505. The summed E-state index contributed by atoms with van der Waals surface area (Å²) in [4.78, 5) is 4.18. The largest absolute Gasteiger partial charge is 0.454 e. The SMILES string of the molecule is CN=C(NCc1ccn(C2CCCC2)n1)NCc1cc2c(cc1OC(F)F)OCO2. The molecule has 4 rings (SSSR count). The van der Waals surface area contributed by atoms with Gasteiger partial charge in [-0.1, -0.05) is 12.8 Å². The van der Waals surface area contributed by atoms with Crippen LogP contribution < -0.4 is 24.8 Å². The Morgan fingerprint density at radius 3 is 2.70 bits per heavy atom. The molecule has 1 aromatic carbocycles. The summed E-state index contributed by atoms with van der Waals surface area (Å²) in [5.74, 6) is 1.43. The van der Waals surface area contributed by atoms with Crippen LogP contribution in [0.25, 0.3) is 0 Å². The Labute approximate surface area is 173 Å². The second kappa shape index (κ2) is 9.19. The van der Waals surface area contributed by atoms with Crippen molar-refractivity contribution < 1.29 is 23.0 Å². The molecule has 162 valence electrons. The number of fused-ring (bicyclic) bond motifs is 1. The van der Waals surface area contributed by atoms with Crippen molar-refractivity contribution in [3.05, 3.63) is 35.7 Å². The lowest BCUT2D eigenvalue weighted by Gasteiger charge is -2.15. The van der Waals surface area contributed by atoms with Crippen molar-refractivity contribution >= 4 is 5.96 Å². The molecular weight excluding hydrogens is 396 g/mol. The number of halogens is 2. The summed E-state index contributed by atoms with van der Waals surface area (Å²) in [7, 11) is 1.64. The van der Waals surface area contributed by atoms with Crippen molar-refractivity contribution in [1.82, 2.24) is 20.4 Å². The first-order chi connectivity index (χ1) is 14.6. The van der Waals surface area contributed by atoms with Crippen LogP contribution in [0.4, 0.5) is 8.78 Å². The van der Waals surface area contributed by atoms with E-state index < -0.39 is 6.61 Å². The fourth-order valence-electron chi connectivity index (χ4n) is 3.73. The Kier molecular flexibility index (Phi) is 6.20. The molecule has 2 aromatic rings. The highest BCUT2D eigenvalue weighted by atomic mass is 19.3. The van der Waals surface area contributed by atoms with E-state index in [2.05, 4.69) is 25.5 Å². The predicted molar refractivity (Wildman–Crippen MR) is 106 cm³/mol. The zero-order valence-electron chi connectivity index (χ0n) is 16.7. The molecule has 0 amide bonds. The monoisotopic (exact) mass is 421 g/mol. The van der Waals surface area contributed by atoms with Gasteiger partial charge in [-0.3, -0.25) is 9.67 Å². The molecule has 0 radical (unpaired) electrons. The van der Waals surface area contributed by atoms with E-state index in [1.807, 2.05) is 16.9 Å². The highest BCUT2D eigenvalue weighted by molar-refractivity contribution is 5.79. The Bertz CT molecular complexity index is 897. The van der Waals surface area contributed by atoms with Gasteiger partial charge in [0.1, 0.15) is 5.75 Å². The molecule has 1 aliphatic carbocycles. The molecule has 2 heterocycles. The number of aromatic nitrogens is 2. The lowest BCUT2D eigenvalue weighted by Crippen LogP contribution is -2.36. The molecule has 2 N–H and O–H groups in total. The number of benzene rings is 1. The minimum atomic E-state index is -2.93. The Morgan fingerprint density at radius 1 is 1.23 bits per heavy atom. The summed E-state index contributed by atoms with van der Waals surface area (Å²) in [5.41, 5.74) is 1.42. The standard InChI is InChI=1S/C20H25F2N5O3/c1-23-20(25-11-14-6-7-27(26-14)15-4-2-3-5-15)24-10-13-8-17-18(29-12-28-17)9-16(13)30-19(21)22/h6-9,15,19H,2-5,10-12H2,1H3,(H2,23,24,25). The van der Waals surface area contributed by atoms with Gasteiger partial charge in [-0.15, -0.1) is 0 Å². The smallest absolute Gasteiger partial charge is 0.387 e. The summed E-state index contributed by atoms with van der Waals surface area (Å²) in [6, 6.07) is 5.53. The fraction of sp³-hybridized carbons (Fsp3) is 0.500. The molecule has 8 nitrogen and oxygen atoms in total. The Morgan fingerprint density at radius 2 is 1.97 bits per heavy atom. The van der Waals surface area contributed by atoms with E-state index in [1.165, 1.54) is 31.7 Å². The van der Waals surface area contributed by atoms with Gasteiger partial charge in [0.2, 0.25) is 6.79 Å². The predicted octanol–water partition coefficient (Wildman–Crippen LogP) is 3.19. The minimum Gasteiger partial charge on any atom is -0.454 e. The number of nitrogens with zero attached hydrogens (tertiary/aromatic N) is 3. The van der Waals surface area contributed by atoms with Crippen molar-refractivity contribution in [2.45, 2.75) is 51.4 Å². The lowest BCUT2D eigenvalue weighted by atomic mass is 10.1. The first-order valence-electron chi connectivity index (χ1n) is 9.98. The topological polar surface area (TPSA) is 81.9 Å². The van der Waals surface area contributed by atoms with Gasteiger partial charge in [0.15, 0.2) is 17.5 Å². The van der Waals surface area contributed by atoms with Gasteiger partial charge in [-0.2, -0.15) is 13.9 Å². The van der Waals surface area contributed by atoms with E-state index in [4.69, 9.17) is 9.47 Å². The molecule has 2 aliphatic rings. The number of alkyl halides is 2. The molecule has 10 heteroatoms. The van der Waals surface area contributed by atoms with E-state index in [1.54, 1.807) is 13.1 Å². The molecule has 0 atom stereocenters. The Balaban J connectivity index is 1.35. The van der Waals surface area contributed by atoms with Crippen molar-refractivity contribution in [3.63, 3.8) is 0 Å². The Hall–Kier alpha value is -3.04. The van der Waals surface area contributed by atoms with E-state index >= 15 is 0 Å². The van der Waals surface area contributed by atoms with E-state index in [-0.39, 0.29) is 19.1 Å². The molecular formula is C20H25F2N5O3. The van der Waals surface area contributed by atoms with Crippen LogP contribution in [0.15, 0.2) is 29.4 Å². The number of hydrogen-bond acceptors (Lipinski definition) is 5. The minimum absolute atomic E-state index is 0.0347. The molecule has 0 saturated heterocycles. The van der Waals surface area contributed by atoms with Crippen LogP contribution in [-0.4, -0.2) is 36.2 Å². The molecule has 30 heavy (non-hydrogen) atoms. The van der Waals surface area contributed by atoms with Gasteiger partial charge in [-0.05, 0) is 25.0 Å². The maximum atomic E-state index is 12.8. The van der Waals surface area contributed by atoms with Crippen molar-refractivity contribution in [1.29, 1.82) is 0 Å². The first-order valence-corrected chi connectivity index (χ1v) is 9.98. The third-order valence-electron chi connectivity index (χ3n) is 5.24. The fourth-order valence-corrected chi connectivity index (χ4v) is 3.73. The van der Waals surface area contributed by atoms with Gasteiger partial charge in [0.25, 0.3) is 0 Å². The van der Waals surface area contributed by atoms with Crippen LogP contribution in [0.2, 0.25) is 0 Å². The molecule has 1 aromatic heterocycles. The highest BCUT2D eigenvalue weighted by Gasteiger charge is 2.20. The number of rotatable bonds is 7. The van der Waals surface area contributed by atoms with Gasteiger partial charge in [0, 0.05) is 31.4 Å². The average Bonchev–Trinajstić information content (AvgIpc) is 3.48. The summed E-state index contributed by atoms with van der Waals surface area (Å²) >= 11 is 0. The third kappa shape index (κ3) is 4.74. The maximum Gasteiger partial charge on any atom is 0.387 e. The van der Waals surface area contributed by atoms with Crippen LogP contribution in [0.3, 0.4) is 0 Å². The number of ether oxygens (including phenoxy) is 3. The summed E-state index contributed by atoms with van der Waals surface area (Å²) < 4.78 is 42.8. The zero-order valence-corrected chi connectivity index (χ0v) is 16.7. The van der Waals surface area contributed by atoms with E-state index in [0.29, 0.717) is 35.6 Å². The van der Waals surface area contributed by atoms with Crippen LogP contribution in [0.1, 0.15) is 43.0 Å². The third-order valence-corrected chi connectivity index (χ3v) is 5.24. The maximum absolute atomic E-state index is 12.8. The van der Waals surface area contributed by atoms with Crippen molar-refractivity contribution in [3.8, 4) is 17.2 Å².